The minimum absolute atomic E-state index is 0.320. The number of hydrogen-bond donors (Lipinski definition) is 1. The molecule has 3 nitrogen and oxygen atoms in total. The van der Waals surface area contributed by atoms with Gasteiger partial charge in [0.25, 0.3) is 0 Å². The van der Waals surface area contributed by atoms with Gasteiger partial charge in [-0.15, -0.1) is 0 Å². The van der Waals surface area contributed by atoms with Crippen LogP contribution in [0.1, 0.15) is 19.8 Å². The predicted molar refractivity (Wildman–Crippen MR) is 55.3 cm³/mol. The van der Waals surface area contributed by atoms with Gasteiger partial charge in [-0.05, 0) is 32.9 Å². The molecule has 5 heteroatoms. The van der Waals surface area contributed by atoms with Gasteiger partial charge in [0.15, 0.2) is 17.4 Å². The van der Waals surface area contributed by atoms with Crippen molar-refractivity contribution < 1.29 is 13.5 Å². The van der Waals surface area contributed by atoms with Crippen molar-refractivity contribution in [1.29, 1.82) is 0 Å². The molecule has 1 aliphatic rings. The standard InChI is InChI=1S/C11H14F2N2O/c1-11(2-4-14-5-3-11)16-10-8(12)6-15-7-9(10)13/h6-7,14H,2-5H2,1H3. The molecule has 0 saturated carbocycles. The van der Waals surface area contributed by atoms with Crippen molar-refractivity contribution in [2.24, 2.45) is 0 Å². The Balaban J connectivity index is 2.19. The van der Waals surface area contributed by atoms with Crippen molar-refractivity contribution in [3.05, 3.63) is 24.0 Å². The molecule has 0 spiro atoms. The third-order valence-corrected chi connectivity index (χ3v) is 2.82. The van der Waals surface area contributed by atoms with E-state index in [4.69, 9.17) is 4.74 Å². The van der Waals surface area contributed by atoms with Crippen LogP contribution in [0.4, 0.5) is 8.78 Å². The van der Waals surface area contributed by atoms with Crippen LogP contribution in [0.3, 0.4) is 0 Å². The van der Waals surface area contributed by atoms with Gasteiger partial charge in [-0.3, -0.25) is 4.98 Å². The van der Waals surface area contributed by atoms with Crippen molar-refractivity contribution in [2.75, 3.05) is 13.1 Å². The van der Waals surface area contributed by atoms with Crippen LogP contribution in [-0.2, 0) is 0 Å². The van der Waals surface area contributed by atoms with Gasteiger partial charge in [0.05, 0.1) is 12.4 Å². The summed E-state index contributed by atoms with van der Waals surface area (Å²) in [7, 11) is 0. The Morgan fingerprint density at radius 2 is 1.81 bits per heavy atom. The first-order valence-corrected chi connectivity index (χ1v) is 5.29. The molecular weight excluding hydrogens is 214 g/mol. The molecule has 2 rings (SSSR count). The Hall–Kier alpha value is -1.23. The SMILES string of the molecule is CC1(Oc2c(F)cncc2F)CCNCC1. The van der Waals surface area contributed by atoms with E-state index in [1.807, 2.05) is 6.92 Å². The summed E-state index contributed by atoms with van der Waals surface area (Å²) in [6.07, 6.45) is 3.38. The van der Waals surface area contributed by atoms with Crippen LogP contribution < -0.4 is 10.1 Å². The third kappa shape index (κ3) is 2.29. The van der Waals surface area contributed by atoms with Crippen molar-refractivity contribution in [3.8, 4) is 5.75 Å². The average molecular weight is 228 g/mol. The molecule has 0 bridgehead atoms. The Labute approximate surface area is 92.8 Å². The summed E-state index contributed by atoms with van der Waals surface area (Å²) in [5.74, 6) is -1.82. The molecule has 0 radical (unpaired) electrons. The summed E-state index contributed by atoms with van der Waals surface area (Å²) in [4.78, 5) is 3.42. The highest BCUT2D eigenvalue weighted by Crippen LogP contribution is 2.29. The monoisotopic (exact) mass is 228 g/mol. The molecule has 1 aromatic rings. The fourth-order valence-corrected chi connectivity index (χ4v) is 1.80. The summed E-state index contributed by atoms with van der Waals surface area (Å²) >= 11 is 0. The largest absolute Gasteiger partial charge is 0.481 e. The van der Waals surface area contributed by atoms with Crippen LogP contribution in [0.5, 0.6) is 5.75 Å². The van der Waals surface area contributed by atoms with E-state index < -0.39 is 17.2 Å². The molecule has 0 aromatic carbocycles. The molecule has 2 heterocycles. The van der Waals surface area contributed by atoms with E-state index in [-0.39, 0.29) is 5.75 Å². The second kappa shape index (κ2) is 4.33. The van der Waals surface area contributed by atoms with E-state index >= 15 is 0 Å². The van der Waals surface area contributed by atoms with Crippen LogP contribution in [-0.4, -0.2) is 23.7 Å². The number of ether oxygens (including phenoxy) is 1. The number of pyridine rings is 1. The van der Waals surface area contributed by atoms with E-state index in [1.165, 1.54) is 0 Å². The molecule has 0 atom stereocenters. The van der Waals surface area contributed by atoms with Gasteiger partial charge in [0.1, 0.15) is 5.60 Å². The first-order valence-electron chi connectivity index (χ1n) is 5.29. The van der Waals surface area contributed by atoms with Crippen molar-refractivity contribution in [3.63, 3.8) is 0 Å². The maximum Gasteiger partial charge on any atom is 0.194 e. The zero-order valence-corrected chi connectivity index (χ0v) is 9.09. The van der Waals surface area contributed by atoms with Crippen LogP contribution >= 0.6 is 0 Å². The highest BCUT2D eigenvalue weighted by Gasteiger charge is 2.30. The van der Waals surface area contributed by atoms with E-state index in [1.54, 1.807) is 0 Å². The molecular formula is C11H14F2N2O. The zero-order chi connectivity index (χ0) is 11.6. The van der Waals surface area contributed by atoms with Gasteiger partial charge in [-0.1, -0.05) is 0 Å². The Morgan fingerprint density at radius 1 is 1.25 bits per heavy atom. The number of rotatable bonds is 2. The number of nitrogens with zero attached hydrogens (tertiary/aromatic N) is 1. The molecule has 1 fully saturated rings. The fourth-order valence-electron chi connectivity index (χ4n) is 1.80. The molecule has 1 N–H and O–H groups in total. The van der Waals surface area contributed by atoms with Gasteiger partial charge in [-0.25, -0.2) is 8.78 Å². The topological polar surface area (TPSA) is 34.1 Å². The smallest absolute Gasteiger partial charge is 0.194 e. The van der Waals surface area contributed by atoms with Gasteiger partial charge in [0.2, 0.25) is 0 Å². The first kappa shape index (κ1) is 11.3. The summed E-state index contributed by atoms with van der Waals surface area (Å²) in [5.41, 5.74) is -0.506. The van der Waals surface area contributed by atoms with Gasteiger partial charge < -0.3 is 10.1 Å². The summed E-state index contributed by atoms with van der Waals surface area (Å²) in [5, 5.41) is 3.18. The molecule has 1 aromatic heterocycles. The lowest BCUT2D eigenvalue weighted by molar-refractivity contribution is 0.0468. The lowest BCUT2D eigenvalue weighted by Crippen LogP contribution is -2.44. The Bertz CT molecular complexity index is 358. The van der Waals surface area contributed by atoms with E-state index in [0.717, 1.165) is 38.3 Å². The number of piperidine rings is 1. The quantitative estimate of drug-likeness (QED) is 0.839. The van der Waals surface area contributed by atoms with Crippen LogP contribution in [0.15, 0.2) is 12.4 Å². The highest BCUT2D eigenvalue weighted by molar-refractivity contribution is 5.23. The maximum absolute atomic E-state index is 13.3. The number of halogens is 2. The molecule has 0 aliphatic carbocycles. The summed E-state index contributed by atoms with van der Waals surface area (Å²) in [6.45, 7) is 3.46. The highest BCUT2D eigenvalue weighted by atomic mass is 19.1. The van der Waals surface area contributed by atoms with Gasteiger partial charge in [0, 0.05) is 0 Å². The minimum atomic E-state index is -0.750. The molecule has 1 saturated heterocycles. The van der Waals surface area contributed by atoms with Crippen molar-refractivity contribution in [1.82, 2.24) is 10.3 Å². The van der Waals surface area contributed by atoms with Crippen LogP contribution in [0, 0.1) is 11.6 Å². The Kier molecular flexibility index (Phi) is 3.05. The number of nitrogens with one attached hydrogen (secondary N) is 1. The summed E-state index contributed by atoms with van der Waals surface area (Å²) < 4.78 is 32.1. The molecule has 0 amide bonds. The van der Waals surface area contributed by atoms with E-state index in [2.05, 4.69) is 10.3 Å². The van der Waals surface area contributed by atoms with E-state index in [9.17, 15) is 8.78 Å². The van der Waals surface area contributed by atoms with Crippen LogP contribution in [0.2, 0.25) is 0 Å². The lowest BCUT2D eigenvalue weighted by atomic mass is 9.94. The molecule has 0 unspecified atom stereocenters. The summed E-state index contributed by atoms with van der Waals surface area (Å²) in [6, 6.07) is 0. The predicted octanol–water partition coefficient (Wildman–Crippen LogP) is 1.88. The lowest BCUT2D eigenvalue weighted by Gasteiger charge is -2.34. The second-order valence-corrected chi connectivity index (χ2v) is 4.23. The number of hydrogen-bond acceptors (Lipinski definition) is 3. The third-order valence-electron chi connectivity index (χ3n) is 2.82. The zero-order valence-electron chi connectivity index (χ0n) is 9.09. The molecule has 16 heavy (non-hydrogen) atoms. The van der Waals surface area contributed by atoms with Crippen molar-refractivity contribution in [2.45, 2.75) is 25.4 Å². The van der Waals surface area contributed by atoms with Crippen molar-refractivity contribution >= 4 is 0 Å². The van der Waals surface area contributed by atoms with Crippen LogP contribution in [0.25, 0.3) is 0 Å². The van der Waals surface area contributed by atoms with E-state index in [0.29, 0.717) is 0 Å². The fraction of sp³-hybridized carbons (Fsp3) is 0.545. The second-order valence-electron chi connectivity index (χ2n) is 4.23. The van der Waals surface area contributed by atoms with Gasteiger partial charge in [-0.2, -0.15) is 0 Å². The average Bonchev–Trinajstić information content (AvgIpc) is 2.25. The molecule has 1 aliphatic heterocycles. The minimum Gasteiger partial charge on any atom is -0.481 e. The van der Waals surface area contributed by atoms with Gasteiger partial charge >= 0.3 is 0 Å². The molecule has 88 valence electrons. The number of aromatic nitrogens is 1. The normalized spacial score (nSPS) is 19.4. The Morgan fingerprint density at radius 3 is 2.38 bits per heavy atom. The first-order chi connectivity index (χ1) is 7.61. The maximum atomic E-state index is 13.3.